The number of anilines is 1. The van der Waals surface area contributed by atoms with Gasteiger partial charge in [0.15, 0.2) is 5.82 Å². The summed E-state index contributed by atoms with van der Waals surface area (Å²) in [4.78, 5) is 17.3. The number of aryl methyl sites for hydroxylation is 1. The molecule has 1 aromatic heterocycles. The zero-order valence-electron chi connectivity index (χ0n) is 18.8. The average molecular weight is 444 g/mol. The number of rotatable bonds is 7. The number of aromatic nitrogens is 3. The predicted octanol–water partition coefficient (Wildman–Crippen LogP) is 4.52. The largest absolute Gasteiger partial charge is 0.497 e. The van der Waals surface area contributed by atoms with Gasteiger partial charge in [-0.1, -0.05) is 24.3 Å². The van der Waals surface area contributed by atoms with Crippen molar-refractivity contribution in [2.75, 3.05) is 26.6 Å². The fraction of sp³-hybridized carbons (Fsp3) is 0.160. The monoisotopic (exact) mass is 444 g/mol. The second-order valence-corrected chi connectivity index (χ2v) is 7.22. The summed E-state index contributed by atoms with van der Waals surface area (Å²) in [7, 11) is 4.61. The summed E-state index contributed by atoms with van der Waals surface area (Å²) in [6.07, 6.45) is 0. The molecule has 0 atom stereocenters. The van der Waals surface area contributed by atoms with Gasteiger partial charge in [-0.05, 0) is 48.9 Å². The number of carbonyl (C=O) groups excluding carboxylic acids is 1. The van der Waals surface area contributed by atoms with Crippen LogP contribution in [0.1, 0.15) is 15.9 Å². The van der Waals surface area contributed by atoms with Gasteiger partial charge in [-0.15, -0.1) is 5.10 Å². The summed E-state index contributed by atoms with van der Waals surface area (Å²) >= 11 is 0. The highest BCUT2D eigenvalue weighted by molar-refractivity contribution is 6.06. The lowest BCUT2D eigenvalue weighted by molar-refractivity contribution is 0.102. The van der Waals surface area contributed by atoms with Crippen molar-refractivity contribution in [2.45, 2.75) is 6.92 Å². The second kappa shape index (κ2) is 9.44. The fourth-order valence-corrected chi connectivity index (χ4v) is 3.43. The minimum Gasteiger partial charge on any atom is -0.497 e. The summed E-state index contributed by atoms with van der Waals surface area (Å²) in [5, 5.41) is 7.35. The van der Waals surface area contributed by atoms with Crippen molar-refractivity contribution >= 4 is 11.6 Å². The molecule has 0 spiro atoms. The van der Waals surface area contributed by atoms with E-state index >= 15 is 0 Å². The molecule has 4 aromatic rings. The molecule has 4 rings (SSSR count). The quantitative estimate of drug-likeness (QED) is 0.451. The number of amides is 1. The fourth-order valence-electron chi connectivity index (χ4n) is 3.43. The number of methoxy groups -OCH3 is 3. The highest BCUT2D eigenvalue weighted by atomic mass is 16.5. The predicted molar refractivity (Wildman–Crippen MR) is 126 cm³/mol. The van der Waals surface area contributed by atoms with Crippen molar-refractivity contribution in [3.05, 3.63) is 77.9 Å². The number of carbonyl (C=O) groups is 1. The van der Waals surface area contributed by atoms with Crippen LogP contribution in [0.4, 0.5) is 5.69 Å². The van der Waals surface area contributed by atoms with Gasteiger partial charge < -0.3 is 19.5 Å². The Morgan fingerprint density at radius 2 is 1.67 bits per heavy atom. The lowest BCUT2D eigenvalue weighted by Crippen LogP contribution is -2.13. The van der Waals surface area contributed by atoms with Gasteiger partial charge in [0.05, 0.1) is 32.6 Å². The summed E-state index contributed by atoms with van der Waals surface area (Å²) < 4.78 is 17.5. The van der Waals surface area contributed by atoms with Gasteiger partial charge in [0, 0.05) is 17.3 Å². The van der Waals surface area contributed by atoms with Crippen molar-refractivity contribution in [3.63, 3.8) is 0 Å². The SMILES string of the molecule is COc1ccc(C(=O)Nc2ccc(-n3nc(OC)nc3-c3ccccc3C)cc2)c(OC)c1. The van der Waals surface area contributed by atoms with E-state index in [4.69, 9.17) is 14.2 Å². The zero-order valence-corrected chi connectivity index (χ0v) is 18.8. The van der Waals surface area contributed by atoms with Crippen LogP contribution in [0.5, 0.6) is 17.5 Å². The van der Waals surface area contributed by atoms with Crippen molar-refractivity contribution in [3.8, 4) is 34.6 Å². The van der Waals surface area contributed by atoms with E-state index in [1.807, 2.05) is 43.3 Å². The highest BCUT2D eigenvalue weighted by Crippen LogP contribution is 2.28. The molecule has 8 nitrogen and oxygen atoms in total. The first-order chi connectivity index (χ1) is 16.0. The molecule has 0 bridgehead atoms. The molecule has 3 aromatic carbocycles. The first kappa shape index (κ1) is 21.9. The zero-order chi connectivity index (χ0) is 23.4. The molecule has 1 amide bonds. The average Bonchev–Trinajstić information content (AvgIpc) is 3.28. The van der Waals surface area contributed by atoms with Gasteiger partial charge in [0.25, 0.3) is 5.91 Å². The van der Waals surface area contributed by atoms with Crippen LogP contribution < -0.4 is 19.5 Å². The van der Waals surface area contributed by atoms with Gasteiger partial charge in [0.2, 0.25) is 0 Å². The number of hydrogen-bond donors (Lipinski definition) is 1. The first-order valence-corrected chi connectivity index (χ1v) is 10.2. The Bertz CT molecular complexity index is 1280. The van der Waals surface area contributed by atoms with Crippen molar-refractivity contribution in [1.82, 2.24) is 14.8 Å². The first-order valence-electron chi connectivity index (χ1n) is 10.2. The van der Waals surface area contributed by atoms with Gasteiger partial charge >= 0.3 is 6.01 Å². The number of nitrogens with zero attached hydrogens (tertiary/aromatic N) is 3. The van der Waals surface area contributed by atoms with Crippen LogP contribution in [-0.4, -0.2) is 42.0 Å². The molecule has 1 heterocycles. The summed E-state index contributed by atoms with van der Waals surface area (Å²) in [6, 6.07) is 20.6. The molecule has 8 heteroatoms. The molecule has 168 valence electrons. The maximum atomic E-state index is 12.8. The Kier molecular flexibility index (Phi) is 6.26. The summed E-state index contributed by atoms with van der Waals surface area (Å²) in [6.45, 7) is 2.02. The Hall–Kier alpha value is -4.33. The van der Waals surface area contributed by atoms with Crippen LogP contribution in [-0.2, 0) is 0 Å². The van der Waals surface area contributed by atoms with Gasteiger partial charge in [-0.25, -0.2) is 4.68 Å². The van der Waals surface area contributed by atoms with E-state index in [1.165, 1.54) is 14.2 Å². The molecule has 0 fully saturated rings. The second-order valence-electron chi connectivity index (χ2n) is 7.22. The molecular formula is C25H24N4O4. The van der Waals surface area contributed by atoms with E-state index < -0.39 is 0 Å². The molecule has 0 unspecified atom stereocenters. The Morgan fingerprint density at radius 1 is 0.909 bits per heavy atom. The number of ether oxygens (including phenoxy) is 3. The number of hydrogen-bond acceptors (Lipinski definition) is 6. The molecule has 1 N–H and O–H groups in total. The van der Waals surface area contributed by atoms with Crippen LogP contribution in [0.15, 0.2) is 66.7 Å². The normalized spacial score (nSPS) is 10.5. The third-order valence-corrected chi connectivity index (χ3v) is 5.18. The Morgan fingerprint density at radius 3 is 2.33 bits per heavy atom. The van der Waals surface area contributed by atoms with Crippen LogP contribution in [0, 0.1) is 6.92 Å². The van der Waals surface area contributed by atoms with E-state index in [1.54, 1.807) is 42.1 Å². The summed E-state index contributed by atoms with van der Waals surface area (Å²) in [5.74, 6) is 1.43. The van der Waals surface area contributed by atoms with Gasteiger partial charge in [-0.3, -0.25) is 4.79 Å². The number of benzene rings is 3. The van der Waals surface area contributed by atoms with E-state index in [2.05, 4.69) is 15.4 Å². The van der Waals surface area contributed by atoms with E-state index in [9.17, 15) is 4.79 Å². The van der Waals surface area contributed by atoms with E-state index in [0.717, 1.165) is 16.8 Å². The standard InChI is InChI=1S/C25H24N4O4/c1-16-7-5-6-8-20(16)23-27-25(33-4)28-29(23)18-11-9-17(10-12-18)26-24(30)21-14-13-19(31-2)15-22(21)32-3/h5-15H,1-4H3,(H,26,30). The van der Waals surface area contributed by atoms with Crippen LogP contribution >= 0.6 is 0 Å². The van der Waals surface area contributed by atoms with Crippen LogP contribution in [0.25, 0.3) is 17.1 Å². The lowest BCUT2D eigenvalue weighted by Gasteiger charge is -2.12. The van der Waals surface area contributed by atoms with Crippen LogP contribution in [0.2, 0.25) is 0 Å². The minimum atomic E-state index is -0.287. The van der Waals surface area contributed by atoms with Crippen molar-refractivity contribution in [1.29, 1.82) is 0 Å². The maximum Gasteiger partial charge on any atom is 0.336 e. The Labute approximate surface area is 191 Å². The maximum absolute atomic E-state index is 12.8. The van der Waals surface area contributed by atoms with Gasteiger partial charge in [0.1, 0.15) is 11.5 Å². The van der Waals surface area contributed by atoms with E-state index in [0.29, 0.717) is 28.6 Å². The Balaban J connectivity index is 1.61. The number of nitrogens with one attached hydrogen (secondary N) is 1. The third-order valence-electron chi connectivity index (χ3n) is 5.18. The molecule has 0 saturated heterocycles. The van der Waals surface area contributed by atoms with Gasteiger partial charge in [-0.2, -0.15) is 4.98 Å². The molecule has 0 aliphatic heterocycles. The summed E-state index contributed by atoms with van der Waals surface area (Å²) in [5.41, 5.74) is 3.85. The molecule has 33 heavy (non-hydrogen) atoms. The smallest absolute Gasteiger partial charge is 0.336 e. The highest BCUT2D eigenvalue weighted by Gasteiger charge is 2.17. The molecule has 0 aliphatic rings. The molecule has 0 aliphatic carbocycles. The third kappa shape index (κ3) is 4.50. The molecule has 0 saturated carbocycles. The van der Waals surface area contributed by atoms with E-state index in [-0.39, 0.29) is 11.9 Å². The lowest BCUT2D eigenvalue weighted by atomic mass is 10.1. The van der Waals surface area contributed by atoms with Crippen LogP contribution in [0.3, 0.4) is 0 Å². The minimum absolute atomic E-state index is 0.275. The molecule has 0 radical (unpaired) electrons. The van der Waals surface area contributed by atoms with Crippen molar-refractivity contribution < 1.29 is 19.0 Å². The topological polar surface area (TPSA) is 87.5 Å². The molecular weight excluding hydrogens is 420 g/mol. The van der Waals surface area contributed by atoms with Crippen molar-refractivity contribution in [2.24, 2.45) is 0 Å².